The minimum Gasteiger partial charge on any atom is -0.419 e. The summed E-state index contributed by atoms with van der Waals surface area (Å²) in [7, 11) is 0. The number of thioether (sulfide) groups is 1. The van der Waals surface area contributed by atoms with E-state index in [2.05, 4.69) is 20.4 Å². The highest BCUT2D eigenvalue weighted by atomic mass is 32.2. The number of nitrogens with two attached hydrogens (primary N) is 1. The van der Waals surface area contributed by atoms with Gasteiger partial charge in [0.05, 0.1) is 10.1 Å². The first-order chi connectivity index (χ1) is 12.6. The number of nitrogens with zero attached hydrogens (tertiary/aromatic N) is 5. The molecule has 2 N–H and O–H groups in total. The summed E-state index contributed by atoms with van der Waals surface area (Å²) in [5.41, 5.74) is 0.553. The Hall–Kier alpha value is -2.72. The molecule has 0 aliphatic rings. The Morgan fingerprint density at radius 3 is 2.85 bits per heavy atom. The molecular weight excluding hydrogens is 375 g/mol. The van der Waals surface area contributed by atoms with Gasteiger partial charge in [0.15, 0.2) is 5.82 Å². The van der Waals surface area contributed by atoms with Gasteiger partial charge in [-0.2, -0.15) is 0 Å². The number of nitrogen functional groups attached to an aromatic ring is 1. The van der Waals surface area contributed by atoms with Crippen molar-refractivity contribution in [2.24, 2.45) is 0 Å². The van der Waals surface area contributed by atoms with E-state index in [-0.39, 0.29) is 11.1 Å². The van der Waals surface area contributed by atoms with Gasteiger partial charge in [0.2, 0.25) is 11.0 Å². The third-order valence-corrected chi connectivity index (χ3v) is 5.45. The van der Waals surface area contributed by atoms with Gasteiger partial charge in [0.1, 0.15) is 5.82 Å². The first-order valence-electron chi connectivity index (χ1n) is 7.62. The molecule has 0 fully saturated rings. The normalized spacial score (nSPS) is 12.4. The van der Waals surface area contributed by atoms with Crippen molar-refractivity contribution in [3.8, 4) is 22.2 Å². The zero-order valence-electron chi connectivity index (χ0n) is 13.5. The van der Waals surface area contributed by atoms with Gasteiger partial charge in [0, 0.05) is 5.56 Å². The van der Waals surface area contributed by atoms with E-state index < -0.39 is 0 Å². The Morgan fingerprint density at radius 2 is 2.08 bits per heavy atom. The van der Waals surface area contributed by atoms with Gasteiger partial charge >= 0.3 is 0 Å². The zero-order chi connectivity index (χ0) is 18.1. The first-order valence-corrected chi connectivity index (χ1v) is 9.38. The topological polar surface area (TPSA) is 95.7 Å². The molecule has 7 nitrogen and oxygen atoms in total. The van der Waals surface area contributed by atoms with Crippen LogP contribution in [-0.2, 0) is 0 Å². The Bertz CT molecular complexity index is 1030. The highest BCUT2D eigenvalue weighted by molar-refractivity contribution is 7.99. The molecule has 0 bridgehead atoms. The molecule has 0 amide bonds. The van der Waals surface area contributed by atoms with Crippen LogP contribution in [0.3, 0.4) is 0 Å². The maximum absolute atomic E-state index is 13.4. The second-order valence-electron chi connectivity index (χ2n) is 5.37. The molecule has 0 saturated carbocycles. The number of hydrogen-bond acceptors (Lipinski definition) is 8. The first kappa shape index (κ1) is 16.7. The number of rotatable bonds is 5. The summed E-state index contributed by atoms with van der Waals surface area (Å²) in [4.78, 5) is 0.913. The van der Waals surface area contributed by atoms with Gasteiger partial charge in [0.25, 0.3) is 5.89 Å². The molecule has 4 aromatic rings. The van der Waals surface area contributed by atoms with E-state index in [4.69, 9.17) is 10.3 Å². The van der Waals surface area contributed by atoms with Crippen LogP contribution in [0.5, 0.6) is 0 Å². The Kier molecular flexibility index (Phi) is 4.43. The van der Waals surface area contributed by atoms with Gasteiger partial charge in [-0.15, -0.1) is 31.7 Å². The molecule has 132 valence electrons. The molecule has 3 aromatic heterocycles. The van der Waals surface area contributed by atoms with E-state index >= 15 is 0 Å². The molecule has 0 unspecified atom stereocenters. The summed E-state index contributed by atoms with van der Waals surface area (Å²) in [5.74, 6) is 7.05. The van der Waals surface area contributed by atoms with E-state index in [1.54, 1.807) is 12.1 Å². The molecule has 4 rings (SSSR count). The molecule has 0 aliphatic carbocycles. The predicted octanol–water partition coefficient (Wildman–Crippen LogP) is 3.76. The lowest BCUT2D eigenvalue weighted by Crippen LogP contribution is -2.12. The predicted molar refractivity (Wildman–Crippen MR) is 97.4 cm³/mol. The number of halogens is 1. The standard InChI is InChI=1S/C16H13FN6OS2/c1-9(14-20-21-15(24-14)12-6-3-7-25-12)26-16-22-19-13(23(16)18)10-4-2-5-11(17)8-10/h2-9H,18H2,1H3/t9-/m1/s1. The van der Waals surface area contributed by atoms with Crippen molar-refractivity contribution in [2.75, 3.05) is 5.84 Å². The summed E-state index contributed by atoms with van der Waals surface area (Å²) in [6.07, 6.45) is 0. The third kappa shape index (κ3) is 3.20. The highest BCUT2D eigenvalue weighted by Crippen LogP contribution is 2.35. The number of aromatic nitrogens is 5. The van der Waals surface area contributed by atoms with Gasteiger partial charge in [-0.3, -0.25) is 0 Å². The van der Waals surface area contributed by atoms with Crippen molar-refractivity contribution in [1.29, 1.82) is 0 Å². The third-order valence-electron chi connectivity index (χ3n) is 3.55. The molecule has 3 heterocycles. The average Bonchev–Trinajstić information content (AvgIpc) is 3.36. The fourth-order valence-corrected chi connectivity index (χ4v) is 3.73. The largest absolute Gasteiger partial charge is 0.419 e. The maximum Gasteiger partial charge on any atom is 0.257 e. The second-order valence-corrected chi connectivity index (χ2v) is 7.63. The van der Waals surface area contributed by atoms with E-state index in [1.807, 2.05) is 24.4 Å². The van der Waals surface area contributed by atoms with Crippen LogP contribution >= 0.6 is 23.1 Å². The van der Waals surface area contributed by atoms with E-state index in [1.165, 1.54) is 39.9 Å². The van der Waals surface area contributed by atoms with Gasteiger partial charge in [-0.25, -0.2) is 9.07 Å². The van der Waals surface area contributed by atoms with Crippen molar-refractivity contribution in [1.82, 2.24) is 25.1 Å². The number of benzene rings is 1. The minimum absolute atomic E-state index is 0.178. The van der Waals surface area contributed by atoms with Crippen molar-refractivity contribution in [2.45, 2.75) is 17.3 Å². The van der Waals surface area contributed by atoms with Crippen LogP contribution in [-0.4, -0.2) is 25.1 Å². The summed E-state index contributed by atoms with van der Waals surface area (Å²) in [5, 5.41) is 18.5. The number of hydrogen-bond donors (Lipinski definition) is 1. The van der Waals surface area contributed by atoms with Crippen molar-refractivity contribution in [3.05, 3.63) is 53.5 Å². The molecule has 0 radical (unpaired) electrons. The van der Waals surface area contributed by atoms with Crippen LogP contribution in [0, 0.1) is 5.82 Å². The Labute approximate surface area is 156 Å². The molecular formula is C16H13FN6OS2. The van der Waals surface area contributed by atoms with E-state index in [0.717, 1.165) is 4.88 Å². The summed E-state index contributed by atoms with van der Waals surface area (Å²) >= 11 is 2.86. The fourth-order valence-electron chi connectivity index (χ4n) is 2.29. The Morgan fingerprint density at radius 1 is 1.19 bits per heavy atom. The molecule has 1 aromatic carbocycles. The highest BCUT2D eigenvalue weighted by Gasteiger charge is 2.21. The molecule has 26 heavy (non-hydrogen) atoms. The molecule has 0 saturated heterocycles. The zero-order valence-corrected chi connectivity index (χ0v) is 15.2. The SMILES string of the molecule is C[C@@H](Sc1nnc(-c2cccc(F)c2)n1N)c1nnc(-c2cccs2)o1. The van der Waals surface area contributed by atoms with Crippen LogP contribution in [0.4, 0.5) is 4.39 Å². The van der Waals surface area contributed by atoms with Crippen LogP contribution < -0.4 is 5.84 Å². The van der Waals surface area contributed by atoms with E-state index in [9.17, 15) is 4.39 Å². The average molecular weight is 388 g/mol. The van der Waals surface area contributed by atoms with E-state index in [0.29, 0.717) is 28.3 Å². The lowest BCUT2D eigenvalue weighted by molar-refractivity contribution is 0.510. The van der Waals surface area contributed by atoms with Crippen molar-refractivity contribution >= 4 is 23.1 Å². The summed E-state index contributed by atoms with van der Waals surface area (Å²) in [6.45, 7) is 1.91. The minimum atomic E-state index is -0.361. The van der Waals surface area contributed by atoms with Gasteiger partial charge in [-0.05, 0) is 30.5 Å². The van der Waals surface area contributed by atoms with Gasteiger partial charge in [-0.1, -0.05) is 30.0 Å². The monoisotopic (exact) mass is 388 g/mol. The summed E-state index contributed by atoms with van der Waals surface area (Å²) < 4.78 is 20.5. The molecule has 0 spiro atoms. The lowest BCUT2D eigenvalue weighted by Gasteiger charge is -2.06. The lowest BCUT2D eigenvalue weighted by atomic mass is 10.2. The Balaban J connectivity index is 1.54. The summed E-state index contributed by atoms with van der Waals surface area (Å²) in [6, 6.07) is 9.88. The molecule has 1 atom stereocenters. The molecule has 10 heteroatoms. The van der Waals surface area contributed by atoms with Crippen LogP contribution in [0.2, 0.25) is 0 Å². The maximum atomic E-state index is 13.4. The van der Waals surface area contributed by atoms with Crippen LogP contribution in [0.1, 0.15) is 18.1 Å². The van der Waals surface area contributed by atoms with Gasteiger partial charge < -0.3 is 10.3 Å². The second kappa shape index (κ2) is 6.89. The smallest absolute Gasteiger partial charge is 0.257 e. The van der Waals surface area contributed by atoms with Crippen LogP contribution in [0.25, 0.3) is 22.2 Å². The van der Waals surface area contributed by atoms with Crippen molar-refractivity contribution < 1.29 is 8.81 Å². The van der Waals surface area contributed by atoms with Crippen LogP contribution in [0.15, 0.2) is 51.4 Å². The quantitative estimate of drug-likeness (QED) is 0.411. The number of thiophene rings is 1. The molecule has 0 aliphatic heterocycles. The fraction of sp³-hybridized carbons (Fsp3) is 0.125. The van der Waals surface area contributed by atoms with Crippen molar-refractivity contribution in [3.63, 3.8) is 0 Å².